The Labute approximate surface area is 200 Å². The fourth-order valence-electron chi connectivity index (χ4n) is 4.44. The molecule has 0 spiro atoms. The minimum atomic E-state index is -3.19. The smallest absolute Gasteiger partial charge is 0.330 e. The molecule has 186 valence electrons. The van der Waals surface area contributed by atoms with Gasteiger partial charge in [0.25, 0.3) is 17.7 Å². The molecule has 1 fully saturated rings. The van der Waals surface area contributed by atoms with Crippen LogP contribution >= 0.6 is 0 Å². The summed E-state index contributed by atoms with van der Waals surface area (Å²) >= 11 is 0. The zero-order valence-electron chi connectivity index (χ0n) is 19.9. The lowest BCUT2D eigenvalue weighted by atomic mass is 9.97. The average Bonchev–Trinajstić information content (AvgIpc) is 3.29. The van der Waals surface area contributed by atoms with Crippen LogP contribution in [0.5, 0.6) is 0 Å². The number of ether oxygens (including phenoxy) is 1. The van der Waals surface area contributed by atoms with Crippen molar-refractivity contribution in [2.24, 2.45) is 5.92 Å². The minimum Gasteiger partial charge on any atom is -0.454 e. The second-order valence-corrected chi connectivity index (χ2v) is 11.2. The highest BCUT2D eigenvalue weighted by molar-refractivity contribution is 7.91. The quantitative estimate of drug-likeness (QED) is 0.362. The molecule has 1 aromatic carbocycles. The Kier molecular flexibility index (Phi) is 8.12. The standard InChI is InChI=1S/C24H32N2O7S/c1-4-6-12-25(17-11-13-34(31,32)15-17)20(27)14-33-24(30)21(16(3)5-2)26-22(28)18-9-7-8-10-19(18)23(26)29/h7-10,16-17,21H,4-6,11-15H2,1-3H3. The van der Waals surface area contributed by atoms with Crippen LogP contribution in [-0.2, 0) is 24.2 Å². The molecule has 0 bridgehead atoms. The summed E-state index contributed by atoms with van der Waals surface area (Å²) in [6.07, 6.45) is 2.37. The number of hydrogen-bond donors (Lipinski definition) is 0. The molecule has 3 rings (SSSR count). The summed E-state index contributed by atoms with van der Waals surface area (Å²) < 4.78 is 29.2. The van der Waals surface area contributed by atoms with Gasteiger partial charge in [0, 0.05) is 12.6 Å². The monoisotopic (exact) mass is 492 g/mol. The fourth-order valence-corrected chi connectivity index (χ4v) is 6.17. The van der Waals surface area contributed by atoms with Crippen molar-refractivity contribution in [2.45, 2.75) is 58.5 Å². The van der Waals surface area contributed by atoms with Crippen molar-refractivity contribution in [2.75, 3.05) is 24.7 Å². The number of carbonyl (C=O) groups excluding carboxylic acids is 4. The summed E-state index contributed by atoms with van der Waals surface area (Å²) in [6.45, 7) is 5.35. The molecule has 2 heterocycles. The number of amides is 3. The zero-order valence-corrected chi connectivity index (χ0v) is 20.7. The summed E-state index contributed by atoms with van der Waals surface area (Å²) in [5.41, 5.74) is 0.468. The van der Waals surface area contributed by atoms with Gasteiger partial charge in [-0.25, -0.2) is 13.2 Å². The van der Waals surface area contributed by atoms with Crippen LogP contribution in [0.2, 0.25) is 0 Å². The molecule has 3 atom stereocenters. The fraction of sp³-hybridized carbons (Fsp3) is 0.583. The van der Waals surface area contributed by atoms with Crippen molar-refractivity contribution in [3.05, 3.63) is 35.4 Å². The highest BCUT2D eigenvalue weighted by atomic mass is 32.2. The third-order valence-corrected chi connectivity index (χ3v) is 8.34. The molecule has 1 saturated heterocycles. The van der Waals surface area contributed by atoms with Crippen LogP contribution in [0.4, 0.5) is 0 Å². The Morgan fingerprint density at radius 2 is 1.76 bits per heavy atom. The van der Waals surface area contributed by atoms with Crippen molar-refractivity contribution in [1.82, 2.24) is 9.80 Å². The van der Waals surface area contributed by atoms with Gasteiger partial charge in [0.05, 0.1) is 22.6 Å². The summed E-state index contributed by atoms with van der Waals surface area (Å²) in [4.78, 5) is 54.4. The molecule has 9 nitrogen and oxygen atoms in total. The number of sulfone groups is 1. The van der Waals surface area contributed by atoms with E-state index in [4.69, 9.17) is 4.74 Å². The van der Waals surface area contributed by atoms with Crippen LogP contribution in [0.1, 0.15) is 67.2 Å². The van der Waals surface area contributed by atoms with Crippen LogP contribution in [0.25, 0.3) is 0 Å². The lowest BCUT2D eigenvalue weighted by molar-refractivity contribution is -0.157. The van der Waals surface area contributed by atoms with E-state index >= 15 is 0 Å². The molecule has 34 heavy (non-hydrogen) atoms. The minimum absolute atomic E-state index is 0.0309. The first-order valence-corrected chi connectivity index (χ1v) is 13.6. The molecule has 0 saturated carbocycles. The maximum atomic E-state index is 13.1. The number of imide groups is 1. The van der Waals surface area contributed by atoms with Gasteiger partial charge in [-0.1, -0.05) is 45.7 Å². The van der Waals surface area contributed by atoms with Gasteiger partial charge < -0.3 is 9.64 Å². The van der Waals surface area contributed by atoms with Crippen molar-refractivity contribution >= 4 is 33.5 Å². The van der Waals surface area contributed by atoms with E-state index in [9.17, 15) is 27.6 Å². The number of unbranched alkanes of at least 4 members (excludes halogenated alkanes) is 1. The SMILES string of the molecule is CCCCN(C(=O)COC(=O)C(C(C)CC)N1C(=O)c2ccccc2C1=O)C1CCS(=O)(=O)C1. The molecule has 3 unspecified atom stereocenters. The third kappa shape index (κ3) is 5.32. The lowest BCUT2D eigenvalue weighted by Gasteiger charge is -2.30. The molecule has 10 heteroatoms. The van der Waals surface area contributed by atoms with E-state index in [2.05, 4.69) is 0 Å². The molecule has 0 aromatic heterocycles. The molecule has 0 radical (unpaired) electrons. The van der Waals surface area contributed by atoms with Gasteiger partial charge in [-0.15, -0.1) is 0 Å². The number of hydrogen-bond acceptors (Lipinski definition) is 7. The van der Waals surface area contributed by atoms with Gasteiger partial charge in [-0.2, -0.15) is 0 Å². The van der Waals surface area contributed by atoms with Crippen LogP contribution in [0, 0.1) is 5.92 Å². The summed E-state index contributed by atoms with van der Waals surface area (Å²) in [6, 6.07) is 4.78. The maximum Gasteiger partial charge on any atom is 0.330 e. The molecule has 0 aliphatic carbocycles. The first-order valence-electron chi connectivity index (χ1n) is 11.7. The van der Waals surface area contributed by atoms with Crippen molar-refractivity contribution in [1.29, 1.82) is 0 Å². The third-order valence-electron chi connectivity index (χ3n) is 6.59. The van der Waals surface area contributed by atoms with E-state index in [1.165, 1.54) is 4.90 Å². The van der Waals surface area contributed by atoms with Crippen molar-refractivity contribution in [3.63, 3.8) is 0 Å². The molecular formula is C24H32N2O7S. The van der Waals surface area contributed by atoms with Crippen LogP contribution in [0.15, 0.2) is 24.3 Å². The van der Waals surface area contributed by atoms with E-state index in [0.717, 1.165) is 11.3 Å². The molecule has 0 N–H and O–H groups in total. The van der Waals surface area contributed by atoms with Gasteiger partial charge in [-0.05, 0) is 30.9 Å². The molecule has 3 amide bonds. The van der Waals surface area contributed by atoms with Gasteiger partial charge in [0.1, 0.15) is 6.04 Å². The number of rotatable bonds is 10. The Balaban J connectivity index is 1.74. The van der Waals surface area contributed by atoms with Crippen LogP contribution in [-0.4, -0.2) is 78.6 Å². The maximum absolute atomic E-state index is 13.1. The van der Waals surface area contributed by atoms with Gasteiger partial charge in [0.15, 0.2) is 16.4 Å². The van der Waals surface area contributed by atoms with Crippen LogP contribution in [0.3, 0.4) is 0 Å². The van der Waals surface area contributed by atoms with E-state index in [0.29, 0.717) is 25.8 Å². The number of fused-ring (bicyclic) bond motifs is 1. The van der Waals surface area contributed by atoms with Crippen molar-refractivity contribution in [3.8, 4) is 0 Å². The Morgan fingerprint density at radius 3 is 2.26 bits per heavy atom. The highest BCUT2D eigenvalue weighted by Crippen LogP contribution is 2.29. The predicted octanol–water partition coefficient (Wildman–Crippen LogP) is 2.06. The largest absolute Gasteiger partial charge is 0.454 e. The lowest BCUT2D eigenvalue weighted by Crippen LogP contribution is -2.50. The normalized spacial score (nSPS) is 20.7. The first kappa shape index (κ1) is 25.9. The Bertz CT molecular complexity index is 1030. The average molecular weight is 493 g/mol. The number of nitrogens with zero attached hydrogens (tertiary/aromatic N) is 2. The van der Waals surface area contributed by atoms with Crippen molar-refractivity contribution < 1.29 is 32.3 Å². The van der Waals surface area contributed by atoms with E-state index in [1.54, 1.807) is 31.2 Å². The number of benzene rings is 1. The van der Waals surface area contributed by atoms with Gasteiger partial charge in [0.2, 0.25) is 0 Å². The number of esters is 1. The topological polar surface area (TPSA) is 118 Å². The number of carbonyl (C=O) groups is 4. The predicted molar refractivity (Wildman–Crippen MR) is 125 cm³/mol. The van der Waals surface area contributed by atoms with E-state index < -0.39 is 52.2 Å². The summed E-state index contributed by atoms with van der Waals surface area (Å²) in [7, 11) is -3.19. The molecular weight excluding hydrogens is 460 g/mol. The van der Waals surface area contributed by atoms with Gasteiger partial charge in [-0.3, -0.25) is 19.3 Å². The highest BCUT2D eigenvalue weighted by Gasteiger charge is 2.45. The van der Waals surface area contributed by atoms with Crippen LogP contribution < -0.4 is 0 Å². The zero-order chi connectivity index (χ0) is 25.0. The second-order valence-electron chi connectivity index (χ2n) is 8.96. The van der Waals surface area contributed by atoms with Gasteiger partial charge >= 0.3 is 5.97 Å². The van der Waals surface area contributed by atoms with E-state index in [-0.39, 0.29) is 28.6 Å². The molecule has 2 aliphatic rings. The molecule has 2 aliphatic heterocycles. The summed E-state index contributed by atoms with van der Waals surface area (Å²) in [5.74, 6) is -2.88. The second kappa shape index (κ2) is 10.7. The first-order chi connectivity index (χ1) is 16.1. The molecule has 1 aromatic rings. The Morgan fingerprint density at radius 1 is 1.15 bits per heavy atom. The summed E-state index contributed by atoms with van der Waals surface area (Å²) in [5, 5.41) is 0. The van der Waals surface area contributed by atoms with E-state index in [1.807, 2.05) is 13.8 Å². The Hall–Kier alpha value is -2.75.